The van der Waals surface area contributed by atoms with Crippen molar-refractivity contribution in [1.82, 2.24) is 0 Å². The van der Waals surface area contributed by atoms with Gasteiger partial charge in [0.05, 0.1) is 17.1 Å². The Labute approximate surface area is 113 Å². The number of nitrogens with zero attached hydrogens (tertiary/aromatic N) is 1. The Morgan fingerprint density at radius 2 is 2.21 bits per heavy atom. The zero-order valence-electron chi connectivity index (χ0n) is 10.2. The van der Waals surface area contributed by atoms with E-state index >= 15 is 0 Å². The normalized spacial score (nSPS) is 10.2. The van der Waals surface area contributed by atoms with Crippen LogP contribution in [-0.2, 0) is 4.74 Å². The molecule has 2 aromatic rings. The number of nitro groups is 1. The van der Waals surface area contributed by atoms with Crippen molar-refractivity contribution in [3.63, 3.8) is 0 Å². The number of nitro benzene ring substituents is 1. The highest BCUT2D eigenvalue weighted by molar-refractivity contribution is 7.08. The molecule has 2 rings (SSSR count). The predicted molar refractivity (Wildman–Crippen MR) is 72.4 cm³/mol. The van der Waals surface area contributed by atoms with Crippen molar-refractivity contribution in [2.45, 2.75) is 6.92 Å². The lowest BCUT2D eigenvalue weighted by Crippen LogP contribution is -2.06. The third-order valence-electron chi connectivity index (χ3n) is 2.54. The van der Waals surface area contributed by atoms with Crippen LogP contribution in [0.3, 0.4) is 0 Å². The topological polar surface area (TPSA) is 69.4 Å². The summed E-state index contributed by atoms with van der Waals surface area (Å²) in [4.78, 5) is 22.2. The molecule has 0 fully saturated rings. The van der Waals surface area contributed by atoms with Gasteiger partial charge in [-0.3, -0.25) is 10.1 Å². The van der Waals surface area contributed by atoms with Gasteiger partial charge < -0.3 is 4.74 Å². The minimum absolute atomic E-state index is 0.0470. The summed E-state index contributed by atoms with van der Waals surface area (Å²) in [5.41, 5.74) is 1.59. The molecule has 1 aromatic carbocycles. The predicted octanol–water partition coefficient (Wildman–Crippen LogP) is 3.50. The van der Waals surface area contributed by atoms with E-state index in [-0.39, 0.29) is 12.3 Å². The van der Waals surface area contributed by atoms with Crippen molar-refractivity contribution in [2.75, 3.05) is 6.61 Å². The smallest absolute Gasteiger partial charge is 0.338 e. The highest BCUT2D eigenvalue weighted by atomic mass is 32.1. The van der Waals surface area contributed by atoms with Gasteiger partial charge in [0, 0.05) is 17.7 Å². The molecule has 0 spiro atoms. The van der Waals surface area contributed by atoms with E-state index < -0.39 is 10.9 Å². The molecule has 0 saturated heterocycles. The molecule has 5 nitrogen and oxygen atoms in total. The lowest BCUT2D eigenvalue weighted by atomic mass is 10.0. The van der Waals surface area contributed by atoms with Crippen molar-refractivity contribution < 1.29 is 14.5 Å². The maximum Gasteiger partial charge on any atom is 0.338 e. The molecule has 0 unspecified atom stereocenters. The lowest BCUT2D eigenvalue weighted by molar-refractivity contribution is -0.384. The van der Waals surface area contributed by atoms with E-state index in [1.54, 1.807) is 6.92 Å². The molecular weight excluding hydrogens is 266 g/mol. The Morgan fingerprint density at radius 1 is 1.42 bits per heavy atom. The number of hydrogen-bond donors (Lipinski definition) is 0. The van der Waals surface area contributed by atoms with Crippen LogP contribution in [0.15, 0.2) is 35.0 Å². The second kappa shape index (κ2) is 5.62. The molecule has 0 amide bonds. The van der Waals surface area contributed by atoms with Crippen LogP contribution in [0.25, 0.3) is 11.1 Å². The first-order valence-electron chi connectivity index (χ1n) is 5.61. The van der Waals surface area contributed by atoms with Crippen LogP contribution in [0.1, 0.15) is 17.3 Å². The standard InChI is InChI=1S/C13H11NO4S/c1-2-18-13(15)11-4-3-10(14(16)17)7-12(11)9-5-6-19-8-9/h3-8H,2H2,1H3. The van der Waals surface area contributed by atoms with Crippen molar-refractivity contribution in [3.05, 3.63) is 50.7 Å². The summed E-state index contributed by atoms with van der Waals surface area (Å²) in [7, 11) is 0. The van der Waals surface area contributed by atoms with Gasteiger partial charge in [-0.15, -0.1) is 0 Å². The number of benzene rings is 1. The zero-order chi connectivity index (χ0) is 13.8. The molecule has 0 atom stereocenters. The van der Waals surface area contributed by atoms with Crippen LogP contribution in [0.5, 0.6) is 0 Å². The molecule has 1 heterocycles. The average molecular weight is 277 g/mol. The zero-order valence-corrected chi connectivity index (χ0v) is 11.0. The Kier molecular flexibility index (Phi) is 3.91. The molecule has 0 aliphatic heterocycles. The molecule has 0 bridgehead atoms. The van der Waals surface area contributed by atoms with Gasteiger partial charge in [-0.1, -0.05) is 0 Å². The number of hydrogen-bond acceptors (Lipinski definition) is 5. The molecule has 0 N–H and O–H groups in total. The van der Waals surface area contributed by atoms with E-state index in [0.717, 1.165) is 5.56 Å². The number of rotatable bonds is 4. The Morgan fingerprint density at radius 3 is 2.79 bits per heavy atom. The number of carbonyl (C=O) groups is 1. The molecule has 0 radical (unpaired) electrons. The molecule has 19 heavy (non-hydrogen) atoms. The second-order valence-electron chi connectivity index (χ2n) is 3.72. The minimum atomic E-state index is -0.481. The number of thiophene rings is 1. The first-order valence-corrected chi connectivity index (χ1v) is 6.56. The SMILES string of the molecule is CCOC(=O)c1ccc([N+](=O)[O-])cc1-c1ccsc1. The van der Waals surface area contributed by atoms with Gasteiger partial charge in [0.2, 0.25) is 0 Å². The Hall–Kier alpha value is -2.21. The van der Waals surface area contributed by atoms with Gasteiger partial charge in [-0.25, -0.2) is 4.79 Å². The van der Waals surface area contributed by atoms with Crippen LogP contribution in [0.4, 0.5) is 5.69 Å². The fraction of sp³-hybridized carbons (Fsp3) is 0.154. The van der Waals surface area contributed by atoms with Crippen molar-refractivity contribution in [1.29, 1.82) is 0 Å². The molecular formula is C13H11NO4S. The van der Waals surface area contributed by atoms with Crippen LogP contribution in [0.2, 0.25) is 0 Å². The fourth-order valence-corrected chi connectivity index (χ4v) is 2.35. The maximum atomic E-state index is 11.9. The first kappa shape index (κ1) is 13.2. The molecule has 98 valence electrons. The average Bonchev–Trinajstić information content (AvgIpc) is 2.92. The summed E-state index contributed by atoms with van der Waals surface area (Å²) in [5.74, 6) is -0.474. The minimum Gasteiger partial charge on any atom is -0.462 e. The molecule has 0 aliphatic carbocycles. The summed E-state index contributed by atoms with van der Waals surface area (Å²) >= 11 is 1.46. The van der Waals surface area contributed by atoms with Gasteiger partial charge in [-0.2, -0.15) is 11.3 Å². The van der Waals surface area contributed by atoms with Crippen LogP contribution in [-0.4, -0.2) is 17.5 Å². The highest BCUT2D eigenvalue weighted by Gasteiger charge is 2.18. The summed E-state index contributed by atoms with van der Waals surface area (Å²) < 4.78 is 4.96. The third kappa shape index (κ3) is 2.79. The number of carbonyl (C=O) groups excluding carboxylic acids is 1. The maximum absolute atomic E-state index is 11.9. The van der Waals surface area contributed by atoms with E-state index in [2.05, 4.69) is 0 Å². The number of esters is 1. The van der Waals surface area contributed by atoms with Crippen LogP contribution >= 0.6 is 11.3 Å². The van der Waals surface area contributed by atoms with E-state index in [9.17, 15) is 14.9 Å². The number of non-ortho nitro benzene ring substituents is 1. The van der Waals surface area contributed by atoms with Crippen molar-refractivity contribution in [2.24, 2.45) is 0 Å². The van der Waals surface area contributed by atoms with Gasteiger partial charge >= 0.3 is 5.97 Å². The summed E-state index contributed by atoms with van der Waals surface area (Å²) in [5, 5.41) is 14.5. The Bertz CT molecular complexity index is 607. The van der Waals surface area contributed by atoms with Gasteiger partial charge in [0.25, 0.3) is 5.69 Å². The summed E-state index contributed by atoms with van der Waals surface area (Å²) in [6.07, 6.45) is 0. The number of ether oxygens (including phenoxy) is 1. The lowest BCUT2D eigenvalue weighted by Gasteiger charge is -2.07. The van der Waals surface area contributed by atoms with E-state index in [1.165, 1.54) is 29.5 Å². The van der Waals surface area contributed by atoms with Gasteiger partial charge in [-0.05, 0) is 35.4 Å². The van der Waals surface area contributed by atoms with Crippen LogP contribution < -0.4 is 0 Å². The quantitative estimate of drug-likeness (QED) is 0.487. The molecule has 1 aromatic heterocycles. The van der Waals surface area contributed by atoms with E-state index in [4.69, 9.17) is 4.74 Å². The molecule has 0 saturated carbocycles. The van der Waals surface area contributed by atoms with Crippen molar-refractivity contribution >= 4 is 23.0 Å². The Balaban J connectivity index is 2.54. The molecule has 6 heteroatoms. The van der Waals surface area contributed by atoms with Crippen LogP contribution in [0, 0.1) is 10.1 Å². The largest absolute Gasteiger partial charge is 0.462 e. The second-order valence-corrected chi connectivity index (χ2v) is 4.50. The fourth-order valence-electron chi connectivity index (χ4n) is 1.69. The highest BCUT2D eigenvalue weighted by Crippen LogP contribution is 2.30. The van der Waals surface area contributed by atoms with Gasteiger partial charge in [0.15, 0.2) is 0 Å². The summed E-state index contributed by atoms with van der Waals surface area (Å²) in [6, 6.07) is 5.95. The molecule has 0 aliphatic rings. The first-order chi connectivity index (χ1) is 9.13. The van der Waals surface area contributed by atoms with Crippen molar-refractivity contribution in [3.8, 4) is 11.1 Å². The van der Waals surface area contributed by atoms with E-state index in [0.29, 0.717) is 11.1 Å². The van der Waals surface area contributed by atoms with Gasteiger partial charge in [0.1, 0.15) is 0 Å². The van der Waals surface area contributed by atoms with E-state index in [1.807, 2.05) is 16.8 Å². The summed E-state index contributed by atoms with van der Waals surface area (Å²) in [6.45, 7) is 1.98. The monoisotopic (exact) mass is 277 g/mol. The third-order valence-corrected chi connectivity index (χ3v) is 3.22.